The second-order valence-corrected chi connectivity index (χ2v) is 7.13. The van der Waals surface area contributed by atoms with Crippen LogP contribution in [-0.2, 0) is 6.54 Å². The van der Waals surface area contributed by atoms with Crippen LogP contribution in [-0.4, -0.2) is 51.2 Å². The molecule has 0 bridgehead atoms. The van der Waals surface area contributed by atoms with Gasteiger partial charge in [-0.25, -0.2) is 0 Å². The number of ether oxygens (including phenoxy) is 1. The molecule has 1 aromatic carbocycles. The van der Waals surface area contributed by atoms with Crippen LogP contribution in [0, 0.1) is 6.92 Å². The number of likely N-dealkylation sites (tertiary alicyclic amines) is 1. The quantitative estimate of drug-likeness (QED) is 0.239. The third-order valence-corrected chi connectivity index (χ3v) is 5.00. The molecule has 0 aliphatic carbocycles. The fraction of sp³-hybridized carbons (Fsp3) is 0.667. The maximum Gasteiger partial charge on any atom is 0.191 e. The lowest BCUT2D eigenvalue weighted by Crippen LogP contribution is -2.37. The Bertz CT molecular complexity index is 559. The van der Waals surface area contributed by atoms with E-state index in [2.05, 4.69) is 45.6 Å². The maximum absolute atomic E-state index is 5.46. The Hall–Kier alpha value is -1.02. The van der Waals surface area contributed by atoms with Gasteiger partial charge in [0, 0.05) is 25.7 Å². The Kier molecular flexibility index (Phi) is 12.5. The minimum Gasteiger partial charge on any atom is -0.496 e. The van der Waals surface area contributed by atoms with Crippen molar-refractivity contribution in [3.63, 3.8) is 0 Å². The van der Waals surface area contributed by atoms with Crippen LogP contribution in [0.15, 0.2) is 23.2 Å². The van der Waals surface area contributed by atoms with Gasteiger partial charge in [0.25, 0.3) is 0 Å². The van der Waals surface area contributed by atoms with E-state index in [1.54, 1.807) is 7.11 Å². The first-order valence-corrected chi connectivity index (χ1v) is 10.0. The number of nitrogens with zero attached hydrogens (tertiary/aromatic N) is 2. The Morgan fingerprint density at radius 2 is 1.89 bits per heavy atom. The van der Waals surface area contributed by atoms with Gasteiger partial charge < -0.3 is 20.3 Å². The van der Waals surface area contributed by atoms with Gasteiger partial charge >= 0.3 is 0 Å². The minimum atomic E-state index is 0. The number of guanidine groups is 1. The molecule has 0 spiro atoms. The molecule has 0 saturated carbocycles. The van der Waals surface area contributed by atoms with Gasteiger partial charge in [-0.2, -0.15) is 0 Å². The van der Waals surface area contributed by atoms with E-state index in [0.29, 0.717) is 6.54 Å². The average molecular weight is 488 g/mol. The van der Waals surface area contributed by atoms with E-state index < -0.39 is 0 Å². The molecule has 5 nitrogen and oxygen atoms in total. The molecule has 1 heterocycles. The SMILES string of the molecule is CN=C(NCCCCCN1CCCCC1)NCc1ccc(C)cc1OC.I. The Morgan fingerprint density at radius 3 is 2.59 bits per heavy atom. The van der Waals surface area contributed by atoms with Crippen molar-refractivity contribution < 1.29 is 4.74 Å². The molecule has 0 radical (unpaired) electrons. The Labute approximate surface area is 182 Å². The van der Waals surface area contributed by atoms with E-state index in [1.165, 1.54) is 63.7 Å². The largest absolute Gasteiger partial charge is 0.496 e. The van der Waals surface area contributed by atoms with Gasteiger partial charge in [0.2, 0.25) is 0 Å². The molecule has 2 rings (SSSR count). The monoisotopic (exact) mass is 488 g/mol. The number of unbranched alkanes of at least 4 members (excludes halogenated alkanes) is 2. The Balaban J connectivity index is 0.00000364. The smallest absolute Gasteiger partial charge is 0.191 e. The summed E-state index contributed by atoms with van der Waals surface area (Å²) in [6.45, 7) is 7.61. The number of hydrogen-bond donors (Lipinski definition) is 2. The highest BCUT2D eigenvalue weighted by Gasteiger charge is 2.09. The summed E-state index contributed by atoms with van der Waals surface area (Å²) in [6, 6.07) is 6.28. The van der Waals surface area contributed by atoms with Gasteiger partial charge in [0.1, 0.15) is 5.75 Å². The van der Waals surface area contributed by atoms with E-state index in [4.69, 9.17) is 4.74 Å². The number of aliphatic imine (C=N–C) groups is 1. The number of methoxy groups -OCH3 is 1. The number of rotatable bonds is 9. The first-order valence-electron chi connectivity index (χ1n) is 10.0. The lowest BCUT2D eigenvalue weighted by atomic mass is 10.1. The molecule has 1 aliphatic heterocycles. The van der Waals surface area contributed by atoms with Crippen LogP contribution in [0.1, 0.15) is 49.7 Å². The fourth-order valence-corrected chi connectivity index (χ4v) is 3.42. The van der Waals surface area contributed by atoms with Crippen LogP contribution in [0.2, 0.25) is 0 Å². The molecule has 0 atom stereocenters. The Morgan fingerprint density at radius 1 is 1.11 bits per heavy atom. The van der Waals surface area contributed by atoms with E-state index >= 15 is 0 Å². The van der Waals surface area contributed by atoms with Crippen molar-refractivity contribution in [3.8, 4) is 5.75 Å². The summed E-state index contributed by atoms with van der Waals surface area (Å²) >= 11 is 0. The highest BCUT2D eigenvalue weighted by molar-refractivity contribution is 14.0. The van der Waals surface area contributed by atoms with Gasteiger partial charge in [0.15, 0.2) is 5.96 Å². The van der Waals surface area contributed by atoms with Crippen molar-refractivity contribution >= 4 is 29.9 Å². The summed E-state index contributed by atoms with van der Waals surface area (Å²) in [5.74, 6) is 1.77. The molecule has 0 aromatic heterocycles. The van der Waals surface area contributed by atoms with Gasteiger partial charge in [0.05, 0.1) is 7.11 Å². The maximum atomic E-state index is 5.46. The summed E-state index contributed by atoms with van der Waals surface area (Å²) in [7, 11) is 3.54. The van der Waals surface area contributed by atoms with Crippen LogP contribution < -0.4 is 15.4 Å². The molecule has 2 N–H and O–H groups in total. The first-order chi connectivity index (χ1) is 12.7. The van der Waals surface area contributed by atoms with Gasteiger partial charge in [-0.05, 0) is 63.9 Å². The number of piperidine rings is 1. The molecule has 1 fully saturated rings. The summed E-state index contributed by atoms with van der Waals surface area (Å²) in [5, 5.41) is 6.78. The summed E-state index contributed by atoms with van der Waals surface area (Å²) in [6.07, 6.45) is 7.94. The van der Waals surface area contributed by atoms with E-state index in [1.807, 2.05) is 7.05 Å². The predicted molar refractivity (Wildman–Crippen MR) is 125 cm³/mol. The average Bonchev–Trinajstić information content (AvgIpc) is 2.68. The van der Waals surface area contributed by atoms with Crippen LogP contribution in [0.5, 0.6) is 5.75 Å². The summed E-state index contributed by atoms with van der Waals surface area (Å²) in [4.78, 5) is 6.93. The lowest BCUT2D eigenvalue weighted by molar-refractivity contribution is 0.224. The van der Waals surface area contributed by atoms with Crippen molar-refractivity contribution in [2.45, 2.75) is 52.0 Å². The highest BCUT2D eigenvalue weighted by Crippen LogP contribution is 2.19. The molecule has 6 heteroatoms. The molecule has 1 saturated heterocycles. The fourth-order valence-electron chi connectivity index (χ4n) is 3.42. The third-order valence-electron chi connectivity index (χ3n) is 5.00. The number of aryl methyl sites for hydroxylation is 1. The molecular formula is C21H37IN4O. The van der Waals surface area contributed by atoms with Crippen LogP contribution in [0.3, 0.4) is 0 Å². The molecule has 0 unspecified atom stereocenters. The summed E-state index contributed by atoms with van der Waals surface area (Å²) in [5.41, 5.74) is 2.35. The number of halogens is 1. The zero-order valence-corrected chi connectivity index (χ0v) is 19.6. The third kappa shape index (κ3) is 9.14. The lowest BCUT2D eigenvalue weighted by Gasteiger charge is -2.26. The highest BCUT2D eigenvalue weighted by atomic mass is 127. The van der Waals surface area contributed by atoms with Gasteiger partial charge in [-0.3, -0.25) is 4.99 Å². The number of benzene rings is 1. The normalized spacial score (nSPS) is 15.1. The van der Waals surface area contributed by atoms with E-state index in [9.17, 15) is 0 Å². The van der Waals surface area contributed by atoms with Crippen molar-refractivity contribution in [3.05, 3.63) is 29.3 Å². The van der Waals surface area contributed by atoms with Crippen molar-refractivity contribution in [1.82, 2.24) is 15.5 Å². The molecule has 27 heavy (non-hydrogen) atoms. The van der Waals surface area contributed by atoms with E-state index in [-0.39, 0.29) is 24.0 Å². The zero-order valence-electron chi connectivity index (χ0n) is 17.2. The predicted octanol–water partition coefficient (Wildman–Crippen LogP) is 3.94. The molecule has 0 amide bonds. The standard InChI is InChI=1S/C21H36N4O.HI/c1-18-10-11-19(20(16-18)26-3)17-24-21(22-2)23-12-6-4-7-13-25-14-8-5-9-15-25;/h10-11,16H,4-9,12-15,17H2,1-3H3,(H2,22,23,24);1H. The van der Waals surface area contributed by atoms with Crippen LogP contribution in [0.4, 0.5) is 0 Å². The van der Waals surface area contributed by atoms with Gasteiger partial charge in [-0.1, -0.05) is 25.0 Å². The molecule has 1 aromatic rings. The van der Waals surface area contributed by atoms with Crippen molar-refractivity contribution in [2.24, 2.45) is 4.99 Å². The van der Waals surface area contributed by atoms with Gasteiger partial charge in [-0.15, -0.1) is 24.0 Å². The molecule has 1 aliphatic rings. The molecular weight excluding hydrogens is 451 g/mol. The zero-order chi connectivity index (χ0) is 18.6. The topological polar surface area (TPSA) is 48.9 Å². The van der Waals surface area contributed by atoms with E-state index in [0.717, 1.165) is 23.8 Å². The number of nitrogens with one attached hydrogen (secondary N) is 2. The number of hydrogen-bond acceptors (Lipinski definition) is 3. The van der Waals surface area contributed by atoms with Crippen LogP contribution >= 0.6 is 24.0 Å². The van der Waals surface area contributed by atoms with Crippen LogP contribution in [0.25, 0.3) is 0 Å². The first kappa shape index (κ1) is 24.0. The van der Waals surface area contributed by atoms with Crippen molar-refractivity contribution in [1.29, 1.82) is 0 Å². The summed E-state index contributed by atoms with van der Waals surface area (Å²) < 4.78 is 5.46. The second kappa shape index (κ2) is 14.0. The minimum absolute atomic E-state index is 0. The van der Waals surface area contributed by atoms with Crippen molar-refractivity contribution in [2.75, 3.05) is 40.3 Å². The second-order valence-electron chi connectivity index (χ2n) is 7.13. The molecule has 154 valence electrons.